The van der Waals surface area contributed by atoms with E-state index < -0.39 is 5.60 Å². The van der Waals surface area contributed by atoms with Crippen molar-refractivity contribution in [2.75, 3.05) is 7.11 Å². The molecule has 0 radical (unpaired) electrons. The SMILES string of the molecule is COC(=O)C1CCC(O)(C(C)N)CC1. The van der Waals surface area contributed by atoms with Gasteiger partial charge in [-0.05, 0) is 32.6 Å². The first-order valence-corrected chi connectivity index (χ1v) is 5.05. The summed E-state index contributed by atoms with van der Waals surface area (Å²) >= 11 is 0. The molecule has 0 aromatic rings. The topological polar surface area (TPSA) is 72.5 Å². The highest BCUT2D eigenvalue weighted by molar-refractivity contribution is 5.72. The van der Waals surface area contributed by atoms with Crippen LogP contribution in [0, 0.1) is 5.92 Å². The average molecular weight is 201 g/mol. The lowest BCUT2D eigenvalue weighted by molar-refractivity contribution is -0.148. The Morgan fingerprint density at radius 2 is 2.07 bits per heavy atom. The van der Waals surface area contributed by atoms with Crippen molar-refractivity contribution in [1.29, 1.82) is 0 Å². The van der Waals surface area contributed by atoms with Crippen LogP contribution >= 0.6 is 0 Å². The van der Waals surface area contributed by atoms with E-state index in [-0.39, 0.29) is 17.9 Å². The van der Waals surface area contributed by atoms with Crippen LogP contribution in [0.4, 0.5) is 0 Å². The van der Waals surface area contributed by atoms with Crippen molar-refractivity contribution < 1.29 is 14.6 Å². The van der Waals surface area contributed by atoms with E-state index in [4.69, 9.17) is 5.73 Å². The fourth-order valence-corrected chi connectivity index (χ4v) is 1.98. The number of carbonyl (C=O) groups is 1. The molecule has 82 valence electrons. The molecule has 1 fully saturated rings. The summed E-state index contributed by atoms with van der Waals surface area (Å²) in [6.45, 7) is 1.80. The van der Waals surface area contributed by atoms with Crippen LogP contribution in [0.5, 0.6) is 0 Å². The quantitative estimate of drug-likeness (QED) is 0.635. The Bertz CT molecular complexity index is 207. The molecule has 0 spiro atoms. The number of esters is 1. The molecule has 0 aromatic heterocycles. The predicted octanol–water partition coefficient (Wildman–Crippen LogP) is 0.428. The van der Waals surface area contributed by atoms with Gasteiger partial charge >= 0.3 is 5.97 Å². The molecule has 0 saturated heterocycles. The van der Waals surface area contributed by atoms with E-state index in [1.54, 1.807) is 6.92 Å². The molecule has 0 amide bonds. The highest BCUT2D eigenvalue weighted by atomic mass is 16.5. The van der Waals surface area contributed by atoms with Gasteiger partial charge in [0, 0.05) is 6.04 Å². The summed E-state index contributed by atoms with van der Waals surface area (Å²) in [4.78, 5) is 11.2. The fraction of sp³-hybridized carbons (Fsp3) is 0.900. The molecular formula is C10H19NO3. The zero-order chi connectivity index (χ0) is 10.8. The standard InChI is InChI=1S/C10H19NO3/c1-7(11)10(13)5-3-8(4-6-10)9(12)14-2/h7-8,13H,3-6,11H2,1-2H3. The summed E-state index contributed by atoms with van der Waals surface area (Å²) < 4.78 is 4.67. The van der Waals surface area contributed by atoms with Crippen LogP contribution in [0.25, 0.3) is 0 Å². The predicted molar refractivity (Wildman–Crippen MR) is 52.6 cm³/mol. The highest BCUT2D eigenvalue weighted by Crippen LogP contribution is 2.34. The number of rotatable bonds is 2. The maximum Gasteiger partial charge on any atom is 0.308 e. The van der Waals surface area contributed by atoms with Crippen molar-refractivity contribution in [2.24, 2.45) is 11.7 Å². The Kier molecular flexibility index (Phi) is 3.50. The summed E-state index contributed by atoms with van der Waals surface area (Å²) in [6.07, 6.45) is 2.52. The number of carbonyl (C=O) groups excluding carboxylic acids is 1. The molecule has 1 atom stereocenters. The van der Waals surface area contributed by atoms with Crippen LogP contribution in [0.3, 0.4) is 0 Å². The summed E-state index contributed by atoms with van der Waals surface area (Å²) in [5, 5.41) is 10.0. The second-order valence-electron chi connectivity index (χ2n) is 4.19. The fourth-order valence-electron chi connectivity index (χ4n) is 1.98. The van der Waals surface area contributed by atoms with Crippen molar-refractivity contribution in [1.82, 2.24) is 0 Å². The first-order valence-electron chi connectivity index (χ1n) is 5.05. The normalized spacial score (nSPS) is 35.0. The zero-order valence-electron chi connectivity index (χ0n) is 8.82. The van der Waals surface area contributed by atoms with Crippen LogP contribution in [0.1, 0.15) is 32.6 Å². The lowest BCUT2D eigenvalue weighted by Gasteiger charge is -2.37. The summed E-state index contributed by atoms with van der Waals surface area (Å²) in [6, 6.07) is -0.235. The molecule has 1 aliphatic rings. The zero-order valence-corrected chi connectivity index (χ0v) is 8.82. The minimum absolute atomic E-state index is 0.0565. The minimum Gasteiger partial charge on any atom is -0.469 e. The third-order valence-corrected chi connectivity index (χ3v) is 3.23. The number of nitrogens with two attached hydrogens (primary N) is 1. The van der Waals surface area contributed by atoms with Crippen LogP contribution in [-0.4, -0.2) is 29.8 Å². The smallest absolute Gasteiger partial charge is 0.308 e. The Labute approximate surface area is 84.4 Å². The van der Waals surface area contributed by atoms with Crippen molar-refractivity contribution in [3.05, 3.63) is 0 Å². The van der Waals surface area contributed by atoms with E-state index in [0.29, 0.717) is 25.7 Å². The van der Waals surface area contributed by atoms with Crippen molar-refractivity contribution in [3.8, 4) is 0 Å². The lowest BCUT2D eigenvalue weighted by Crippen LogP contribution is -2.49. The number of hydrogen-bond donors (Lipinski definition) is 2. The van der Waals surface area contributed by atoms with Gasteiger partial charge in [-0.15, -0.1) is 0 Å². The van der Waals surface area contributed by atoms with E-state index >= 15 is 0 Å². The number of hydrogen-bond acceptors (Lipinski definition) is 4. The molecule has 4 nitrogen and oxygen atoms in total. The molecule has 0 bridgehead atoms. The summed E-state index contributed by atoms with van der Waals surface area (Å²) in [5.41, 5.74) is 4.90. The van der Waals surface area contributed by atoms with Gasteiger partial charge in [0.1, 0.15) is 0 Å². The van der Waals surface area contributed by atoms with Crippen LogP contribution in [-0.2, 0) is 9.53 Å². The van der Waals surface area contributed by atoms with Crippen molar-refractivity contribution in [3.63, 3.8) is 0 Å². The average Bonchev–Trinajstić information content (AvgIpc) is 2.17. The van der Waals surface area contributed by atoms with Gasteiger partial charge in [-0.2, -0.15) is 0 Å². The Hall–Kier alpha value is -0.610. The number of methoxy groups -OCH3 is 1. The van der Waals surface area contributed by atoms with E-state index in [1.165, 1.54) is 7.11 Å². The first-order chi connectivity index (χ1) is 6.49. The van der Waals surface area contributed by atoms with Gasteiger partial charge in [0.25, 0.3) is 0 Å². The van der Waals surface area contributed by atoms with Gasteiger partial charge in [0.05, 0.1) is 18.6 Å². The second kappa shape index (κ2) is 4.28. The van der Waals surface area contributed by atoms with Gasteiger partial charge in [-0.1, -0.05) is 0 Å². The number of ether oxygens (including phenoxy) is 1. The highest BCUT2D eigenvalue weighted by Gasteiger charge is 2.38. The van der Waals surface area contributed by atoms with Gasteiger partial charge in [0.15, 0.2) is 0 Å². The molecule has 1 unspecified atom stereocenters. The summed E-state index contributed by atoms with van der Waals surface area (Å²) in [5.74, 6) is -0.226. The van der Waals surface area contributed by atoms with E-state index in [0.717, 1.165) is 0 Å². The largest absolute Gasteiger partial charge is 0.469 e. The van der Waals surface area contributed by atoms with Gasteiger partial charge in [0.2, 0.25) is 0 Å². The van der Waals surface area contributed by atoms with Crippen LogP contribution < -0.4 is 5.73 Å². The molecule has 0 aromatic carbocycles. The third-order valence-electron chi connectivity index (χ3n) is 3.23. The molecule has 1 saturated carbocycles. The maximum atomic E-state index is 11.2. The third kappa shape index (κ3) is 2.25. The van der Waals surface area contributed by atoms with Crippen molar-refractivity contribution >= 4 is 5.97 Å². The molecule has 3 N–H and O–H groups in total. The first kappa shape index (κ1) is 11.5. The van der Waals surface area contributed by atoms with E-state index in [2.05, 4.69) is 4.74 Å². The van der Waals surface area contributed by atoms with Crippen LogP contribution in [0.15, 0.2) is 0 Å². The Morgan fingerprint density at radius 1 is 1.57 bits per heavy atom. The van der Waals surface area contributed by atoms with Gasteiger partial charge in [-0.25, -0.2) is 0 Å². The summed E-state index contributed by atoms with van der Waals surface area (Å²) in [7, 11) is 1.40. The molecule has 4 heteroatoms. The second-order valence-corrected chi connectivity index (χ2v) is 4.19. The van der Waals surface area contributed by atoms with Crippen molar-refractivity contribution in [2.45, 2.75) is 44.2 Å². The maximum absolute atomic E-state index is 11.2. The van der Waals surface area contributed by atoms with Gasteiger partial charge < -0.3 is 15.6 Å². The molecule has 0 heterocycles. The molecule has 14 heavy (non-hydrogen) atoms. The lowest BCUT2D eigenvalue weighted by atomic mass is 9.75. The molecule has 1 aliphatic carbocycles. The van der Waals surface area contributed by atoms with Gasteiger partial charge in [-0.3, -0.25) is 4.79 Å². The molecule has 1 rings (SSSR count). The number of aliphatic hydroxyl groups is 1. The Morgan fingerprint density at radius 3 is 2.43 bits per heavy atom. The monoisotopic (exact) mass is 201 g/mol. The molecular weight excluding hydrogens is 182 g/mol. The minimum atomic E-state index is -0.787. The van der Waals surface area contributed by atoms with E-state index in [9.17, 15) is 9.90 Å². The van der Waals surface area contributed by atoms with E-state index in [1.807, 2.05) is 0 Å². The Balaban J connectivity index is 2.49. The van der Waals surface area contributed by atoms with Crippen LogP contribution in [0.2, 0.25) is 0 Å². The molecule has 0 aliphatic heterocycles.